The maximum absolute atomic E-state index is 5.55. The highest BCUT2D eigenvalue weighted by molar-refractivity contribution is 8.00. The predicted molar refractivity (Wildman–Crippen MR) is 60.3 cm³/mol. The molecule has 0 atom stereocenters. The Morgan fingerprint density at radius 1 is 1.36 bits per heavy atom. The number of nitrogens with zero attached hydrogens (tertiary/aromatic N) is 2. The monoisotopic (exact) mass is 211 g/mol. The minimum absolute atomic E-state index is 0.139. The fourth-order valence-electron chi connectivity index (χ4n) is 1.03. The van der Waals surface area contributed by atoms with Crippen molar-refractivity contribution in [2.45, 2.75) is 44.1 Å². The first-order chi connectivity index (χ1) is 6.40. The van der Waals surface area contributed by atoms with Crippen molar-refractivity contribution in [1.82, 2.24) is 9.97 Å². The Hall–Kier alpha value is -0.610. The van der Waals surface area contributed by atoms with E-state index in [2.05, 4.69) is 30.7 Å². The first-order valence-electron chi connectivity index (χ1n) is 4.64. The fraction of sp³-hybridized carbons (Fsp3) is 0.600. The average Bonchev–Trinajstić information content (AvgIpc) is 1.99. The first kappa shape index (κ1) is 11.5. The second-order valence-corrected chi connectivity index (χ2v) is 6.00. The van der Waals surface area contributed by atoms with Crippen LogP contribution in [-0.4, -0.2) is 14.7 Å². The van der Waals surface area contributed by atoms with Gasteiger partial charge in [-0.25, -0.2) is 9.97 Å². The van der Waals surface area contributed by atoms with Crippen LogP contribution < -0.4 is 5.73 Å². The molecule has 0 spiro atoms. The van der Waals surface area contributed by atoms with Crippen molar-refractivity contribution in [2.24, 2.45) is 5.73 Å². The van der Waals surface area contributed by atoms with Crippen LogP contribution in [-0.2, 0) is 6.54 Å². The zero-order valence-corrected chi connectivity index (χ0v) is 9.98. The summed E-state index contributed by atoms with van der Waals surface area (Å²) in [6.07, 6.45) is 0. The molecule has 1 aromatic heterocycles. The summed E-state index contributed by atoms with van der Waals surface area (Å²) in [6.45, 7) is 8.87. The lowest BCUT2D eigenvalue weighted by Crippen LogP contribution is -2.10. The molecule has 0 aromatic carbocycles. The van der Waals surface area contributed by atoms with E-state index in [1.54, 1.807) is 11.8 Å². The van der Waals surface area contributed by atoms with E-state index in [-0.39, 0.29) is 4.75 Å². The zero-order chi connectivity index (χ0) is 10.8. The van der Waals surface area contributed by atoms with Crippen molar-refractivity contribution < 1.29 is 0 Å². The largest absolute Gasteiger partial charge is 0.325 e. The Labute approximate surface area is 89.5 Å². The third-order valence-electron chi connectivity index (χ3n) is 1.49. The second-order valence-electron chi connectivity index (χ2n) is 4.20. The molecular weight excluding hydrogens is 194 g/mol. The van der Waals surface area contributed by atoms with Crippen LogP contribution in [0.2, 0.25) is 0 Å². The summed E-state index contributed by atoms with van der Waals surface area (Å²) in [4.78, 5) is 8.73. The lowest BCUT2D eigenvalue weighted by atomic mass is 10.3. The minimum Gasteiger partial charge on any atom is -0.325 e. The molecule has 0 aliphatic rings. The summed E-state index contributed by atoms with van der Waals surface area (Å²) in [5, 5.41) is 0.818. The van der Waals surface area contributed by atoms with Gasteiger partial charge >= 0.3 is 0 Å². The fourth-order valence-corrected chi connectivity index (χ4v) is 1.93. The van der Waals surface area contributed by atoms with Crippen molar-refractivity contribution in [2.75, 3.05) is 0 Å². The van der Waals surface area contributed by atoms with E-state index in [0.717, 1.165) is 16.5 Å². The molecule has 0 fully saturated rings. The second kappa shape index (κ2) is 4.28. The van der Waals surface area contributed by atoms with Gasteiger partial charge in [-0.15, -0.1) is 0 Å². The van der Waals surface area contributed by atoms with E-state index in [9.17, 15) is 0 Å². The van der Waals surface area contributed by atoms with Crippen molar-refractivity contribution in [3.05, 3.63) is 17.5 Å². The smallest absolute Gasteiger partial charge is 0.188 e. The number of hydrogen-bond acceptors (Lipinski definition) is 4. The lowest BCUT2D eigenvalue weighted by molar-refractivity contribution is 0.781. The molecule has 3 nitrogen and oxygen atoms in total. The van der Waals surface area contributed by atoms with Crippen LogP contribution >= 0.6 is 11.8 Å². The first-order valence-corrected chi connectivity index (χ1v) is 5.46. The van der Waals surface area contributed by atoms with E-state index >= 15 is 0 Å². The van der Waals surface area contributed by atoms with Crippen LogP contribution in [0.15, 0.2) is 11.2 Å². The van der Waals surface area contributed by atoms with Crippen molar-refractivity contribution in [1.29, 1.82) is 0 Å². The topological polar surface area (TPSA) is 51.8 Å². The Kier molecular flexibility index (Phi) is 3.50. The quantitative estimate of drug-likeness (QED) is 0.601. The van der Waals surface area contributed by atoms with Crippen molar-refractivity contribution in [3.63, 3.8) is 0 Å². The highest BCUT2D eigenvalue weighted by Gasteiger charge is 2.14. The summed E-state index contributed by atoms with van der Waals surface area (Å²) >= 11 is 1.67. The third-order valence-corrected chi connectivity index (χ3v) is 2.47. The van der Waals surface area contributed by atoms with Gasteiger partial charge in [-0.3, -0.25) is 0 Å². The molecule has 4 heteroatoms. The molecule has 78 valence electrons. The van der Waals surface area contributed by atoms with E-state index in [0.29, 0.717) is 6.54 Å². The molecule has 0 aliphatic heterocycles. The van der Waals surface area contributed by atoms with Crippen LogP contribution in [0, 0.1) is 6.92 Å². The number of aromatic nitrogens is 2. The van der Waals surface area contributed by atoms with E-state index in [4.69, 9.17) is 5.73 Å². The summed E-state index contributed by atoms with van der Waals surface area (Å²) in [7, 11) is 0. The summed E-state index contributed by atoms with van der Waals surface area (Å²) in [5.41, 5.74) is 7.44. The molecule has 0 saturated heterocycles. The molecule has 0 bridgehead atoms. The summed E-state index contributed by atoms with van der Waals surface area (Å²) in [5.74, 6) is 0. The number of rotatable bonds is 2. The highest BCUT2D eigenvalue weighted by Crippen LogP contribution is 2.29. The number of nitrogens with two attached hydrogens (primary N) is 1. The van der Waals surface area contributed by atoms with E-state index in [1.807, 2.05) is 13.0 Å². The highest BCUT2D eigenvalue weighted by atomic mass is 32.2. The van der Waals surface area contributed by atoms with Crippen LogP contribution in [0.5, 0.6) is 0 Å². The molecular formula is C10H17N3S. The van der Waals surface area contributed by atoms with Gasteiger partial charge in [-0.2, -0.15) is 0 Å². The van der Waals surface area contributed by atoms with E-state index < -0.39 is 0 Å². The Morgan fingerprint density at radius 3 is 2.50 bits per heavy atom. The predicted octanol–water partition coefficient (Wildman–Crippen LogP) is 2.13. The number of hydrogen-bond donors (Lipinski definition) is 1. The molecule has 1 heterocycles. The Balaban J connectivity index is 2.92. The van der Waals surface area contributed by atoms with Crippen LogP contribution in [0.3, 0.4) is 0 Å². The van der Waals surface area contributed by atoms with Crippen LogP contribution in [0.25, 0.3) is 0 Å². The maximum Gasteiger partial charge on any atom is 0.188 e. The zero-order valence-electron chi connectivity index (χ0n) is 9.16. The van der Waals surface area contributed by atoms with Crippen molar-refractivity contribution >= 4 is 11.8 Å². The Bertz CT molecular complexity index is 318. The standard InChI is InChI=1S/C10H17N3S/c1-7-5-8(6-11)13-9(12-7)14-10(2,3)4/h5H,6,11H2,1-4H3. The molecule has 0 saturated carbocycles. The van der Waals surface area contributed by atoms with Gasteiger partial charge in [0.05, 0.1) is 5.69 Å². The Morgan fingerprint density at radius 2 is 2.00 bits per heavy atom. The van der Waals surface area contributed by atoms with Gasteiger partial charge in [0.2, 0.25) is 0 Å². The molecule has 0 amide bonds. The van der Waals surface area contributed by atoms with Gasteiger partial charge < -0.3 is 5.73 Å². The lowest BCUT2D eigenvalue weighted by Gasteiger charge is -2.16. The van der Waals surface area contributed by atoms with Gasteiger partial charge in [0, 0.05) is 17.0 Å². The normalized spacial score (nSPS) is 11.8. The molecule has 2 N–H and O–H groups in total. The van der Waals surface area contributed by atoms with E-state index in [1.165, 1.54) is 0 Å². The molecule has 0 radical (unpaired) electrons. The van der Waals surface area contributed by atoms with Gasteiger partial charge in [-0.1, -0.05) is 32.5 Å². The summed E-state index contributed by atoms with van der Waals surface area (Å²) in [6, 6.07) is 1.92. The van der Waals surface area contributed by atoms with Gasteiger partial charge in [-0.05, 0) is 13.0 Å². The maximum atomic E-state index is 5.55. The van der Waals surface area contributed by atoms with Gasteiger partial charge in [0.25, 0.3) is 0 Å². The SMILES string of the molecule is Cc1cc(CN)nc(SC(C)(C)C)n1. The average molecular weight is 211 g/mol. The summed E-state index contributed by atoms with van der Waals surface area (Å²) < 4.78 is 0.139. The van der Waals surface area contributed by atoms with Crippen LogP contribution in [0.1, 0.15) is 32.2 Å². The molecule has 14 heavy (non-hydrogen) atoms. The van der Waals surface area contributed by atoms with Crippen LogP contribution in [0.4, 0.5) is 0 Å². The molecule has 1 aromatic rings. The van der Waals surface area contributed by atoms with Crippen molar-refractivity contribution in [3.8, 4) is 0 Å². The molecule has 1 rings (SSSR count). The number of aryl methyl sites for hydroxylation is 1. The molecule has 0 aliphatic carbocycles. The molecule has 0 unspecified atom stereocenters. The minimum atomic E-state index is 0.139. The third kappa shape index (κ3) is 3.64. The number of thioether (sulfide) groups is 1. The van der Waals surface area contributed by atoms with Gasteiger partial charge in [0.1, 0.15) is 0 Å². The van der Waals surface area contributed by atoms with Gasteiger partial charge in [0.15, 0.2) is 5.16 Å².